The molecule has 6 heteroatoms. The maximum absolute atomic E-state index is 11.2. The summed E-state index contributed by atoms with van der Waals surface area (Å²) in [6.07, 6.45) is 0.403. The number of morpholine rings is 1. The van der Waals surface area contributed by atoms with Gasteiger partial charge < -0.3 is 14.7 Å². The molecule has 6 nitrogen and oxygen atoms in total. The van der Waals surface area contributed by atoms with Gasteiger partial charge in [0.2, 0.25) is 0 Å². The minimum atomic E-state index is -0.935. The van der Waals surface area contributed by atoms with E-state index < -0.39 is 6.09 Å². The summed E-state index contributed by atoms with van der Waals surface area (Å²) in [4.78, 5) is 21.9. The van der Waals surface area contributed by atoms with Gasteiger partial charge in [0.15, 0.2) is 0 Å². The van der Waals surface area contributed by atoms with Gasteiger partial charge in [-0.2, -0.15) is 0 Å². The van der Waals surface area contributed by atoms with Gasteiger partial charge in [0.05, 0.1) is 36.4 Å². The number of nitrogens with zero attached hydrogens (tertiary/aromatic N) is 3. The number of hydrogen-bond acceptors (Lipinski definition) is 4. The quantitative estimate of drug-likeness (QED) is 0.677. The lowest BCUT2D eigenvalue weighted by Gasteiger charge is -2.30. The lowest BCUT2D eigenvalue weighted by atomic mass is 10.0. The largest absolute Gasteiger partial charge is 0.465 e. The predicted molar refractivity (Wildman–Crippen MR) is 111 cm³/mol. The van der Waals surface area contributed by atoms with Gasteiger partial charge in [-0.1, -0.05) is 60.7 Å². The molecular weight excluding hydrogens is 366 g/mol. The first-order valence-electron chi connectivity index (χ1n) is 9.45. The summed E-state index contributed by atoms with van der Waals surface area (Å²) in [6.45, 7) is 1.03. The normalized spacial score (nSPS) is 16.3. The molecule has 1 N–H and O–H groups in total. The van der Waals surface area contributed by atoms with E-state index in [1.807, 2.05) is 72.8 Å². The second-order valence-electron chi connectivity index (χ2n) is 6.72. The van der Waals surface area contributed by atoms with Crippen molar-refractivity contribution in [1.82, 2.24) is 9.88 Å². The van der Waals surface area contributed by atoms with E-state index in [9.17, 15) is 9.90 Å². The summed E-state index contributed by atoms with van der Waals surface area (Å²) in [7, 11) is 0. The van der Waals surface area contributed by atoms with E-state index >= 15 is 0 Å². The molecule has 2 aromatic carbocycles. The molecule has 0 saturated carbocycles. The average molecular weight is 387 g/mol. The van der Waals surface area contributed by atoms with Crippen LogP contribution in [-0.4, -0.2) is 46.5 Å². The molecule has 29 heavy (non-hydrogen) atoms. The van der Waals surface area contributed by atoms with Crippen molar-refractivity contribution in [2.24, 2.45) is 4.99 Å². The molecule has 0 aliphatic carbocycles. The molecular formula is C23H21N3O3. The lowest BCUT2D eigenvalue weighted by Crippen LogP contribution is -2.41. The van der Waals surface area contributed by atoms with Crippen LogP contribution in [-0.2, 0) is 4.74 Å². The van der Waals surface area contributed by atoms with Gasteiger partial charge in [-0.3, -0.25) is 4.98 Å². The topological polar surface area (TPSA) is 75.0 Å². The minimum absolute atomic E-state index is 0.282. The smallest absolute Gasteiger partial charge is 0.407 e. The van der Waals surface area contributed by atoms with Crippen LogP contribution in [0.5, 0.6) is 0 Å². The van der Waals surface area contributed by atoms with Gasteiger partial charge >= 0.3 is 6.09 Å². The highest BCUT2D eigenvalue weighted by molar-refractivity contribution is 6.13. The Bertz CT molecular complexity index is 947. The standard InChI is InChI=1S/C23H21N3O3/c27-23(28)26-13-14-29-21(16-26)20-12-11-19(15-24-20)25-22(17-7-3-1-4-8-17)18-9-5-2-6-10-18/h1-12,15,21H,13-14,16H2,(H,27,28). The van der Waals surface area contributed by atoms with Crippen LogP contribution in [0.4, 0.5) is 10.5 Å². The molecule has 146 valence electrons. The van der Waals surface area contributed by atoms with Crippen LogP contribution < -0.4 is 0 Å². The maximum atomic E-state index is 11.2. The van der Waals surface area contributed by atoms with Gasteiger partial charge in [-0.05, 0) is 12.1 Å². The zero-order chi connectivity index (χ0) is 20.1. The van der Waals surface area contributed by atoms with Crippen LogP contribution in [0.2, 0.25) is 0 Å². The van der Waals surface area contributed by atoms with Crippen molar-refractivity contribution in [3.63, 3.8) is 0 Å². The number of ether oxygens (including phenoxy) is 1. The summed E-state index contributed by atoms with van der Waals surface area (Å²) >= 11 is 0. The molecule has 1 aromatic heterocycles. The number of benzene rings is 2. The number of pyridine rings is 1. The van der Waals surface area contributed by atoms with E-state index in [1.54, 1.807) is 6.20 Å². The zero-order valence-corrected chi connectivity index (χ0v) is 15.8. The first-order valence-corrected chi connectivity index (χ1v) is 9.45. The molecule has 1 fully saturated rings. The third-order valence-corrected chi connectivity index (χ3v) is 4.77. The van der Waals surface area contributed by atoms with Crippen molar-refractivity contribution >= 4 is 17.5 Å². The Kier molecular flexibility index (Phi) is 5.63. The molecule has 3 aromatic rings. The third-order valence-electron chi connectivity index (χ3n) is 4.77. The van der Waals surface area contributed by atoms with Crippen molar-refractivity contribution in [2.45, 2.75) is 6.10 Å². The first kappa shape index (κ1) is 18.8. The van der Waals surface area contributed by atoms with E-state index in [2.05, 4.69) is 4.98 Å². The van der Waals surface area contributed by atoms with E-state index in [-0.39, 0.29) is 12.6 Å². The summed E-state index contributed by atoms with van der Waals surface area (Å²) in [5.74, 6) is 0. The number of aliphatic imine (C=N–C) groups is 1. The zero-order valence-electron chi connectivity index (χ0n) is 15.8. The van der Waals surface area contributed by atoms with Gasteiger partial charge in [-0.25, -0.2) is 9.79 Å². The summed E-state index contributed by atoms with van der Waals surface area (Å²) in [5, 5.41) is 9.19. The number of aromatic nitrogens is 1. The van der Waals surface area contributed by atoms with Gasteiger partial charge in [0.1, 0.15) is 6.10 Å². The number of amides is 1. The second kappa shape index (κ2) is 8.67. The average Bonchev–Trinajstić information content (AvgIpc) is 2.79. The highest BCUT2D eigenvalue weighted by atomic mass is 16.5. The fourth-order valence-corrected chi connectivity index (χ4v) is 3.27. The van der Waals surface area contributed by atoms with Crippen LogP contribution in [0.25, 0.3) is 0 Å². The molecule has 1 atom stereocenters. The molecule has 0 spiro atoms. The highest BCUT2D eigenvalue weighted by Gasteiger charge is 2.25. The second-order valence-corrected chi connectivity index (χ2v) is 6.72. The van der Waals surface area contributed by atoms with Gasteiger partial charge in [-0.15, -0.1) is 0 Å². The fourth-order valence-electron chi connectivity index (χ4n) is 3.27. The monoisotopic (exact) mass is 387 g/mol. The van der Waals surface area contributed by atoms with Gasteiger partial charge in [0.25, 0.3) is 0 Å². The number of carboxylic acid groups (broad SMARTS) is 1. The summed E-state index contributed by atoms with van der Waals surface area (Å²) in [6, 6.07) is 23.8. The van der Waals surface area contributed by atoms with Crippen LogP contribution in [0.1, 0.15) is 22.9 Å². The lowest BCUT2D eigenvalue weighted by molar-refractivity contribution is -0.0252. The summed E-state index contributed by atoms with van der Waals surface area (Å²) in [5.41, 5.74) is 4.34. The van der Waals surface area contributed by atoms with Crippen molar-refractivity contribution in [3.05, 3.63) is 95.8 Å². The van der Waals surface area contributed by atoms with Crippen LogP contribution in [0, 0.1) is 0 Å². The minimum Gasteiger partial charge on any atom is -0.465 e. The summed E-state index contributed by atoms with van der Waals surface area (Å²) < 4.78 is 5.70. The van der Waals surface area contributed by atoms with Crippen LogP contribution in [0.3, 0.4) is 0 Å². The molecule has 1 aliphatic rings. The Morgan fingerprint density at radius 3 is 2.21 bits per heavy atom. The van der Waals surface area contributed by atoms with Crippen molar-refractivity contribution < 1.29 is 14.6 Å². The van der Waals surface area contributed by atoms with Crippen LogP contribution >= 0.6 is 0 Å². The number of rotatable bonds is 4. The highest BCUT2D eigenvalue weighted by Crippen LogP contribution is 2.23. The predicted octanol–water partition coefficient (Wildman–Crippen LogP) is 4.30. The Hall–Kier alpha value is -3.51. The third kappa shape index (κ3) is 4.50. The maximum Gasteiger partial charge on any atom is 0.407 e. The number of hydrogen-bond donors (Lipinski definition) is 1. The molecule has 0 radical (unpaired) electrons. The molecule has 1 aliphatic heterocycles. The molecule has 0 bridgehead atoms. The van der Waals surface area contributed by atoms with Crippen molar-refractivity contribution in [2.75, 3.05) is 19.7 Å². The van der Waals surface area contributed by atoms with E-state index in [0.29, 0.717) is 18.8 Å². The molecule has 2 heterocycles. The Morgan fingerprint density at radius 2 is 1.66 bits per heavy atom. The Balaban J connectivity index is 1.61. The van der Waals surface area contributed by atoms with E-state index in [0.717, 1.165) is 22.5 Å². The molecule has 4 rings (SSSR count). The molecule has 1 saturated heterocycles. The first-order chi connectivity index (χ1) is 14.2. The van der Waals surface area contributed by atoms with Gasteiger partial charge in [0, 0.05) is 17.7 Å². The number of carbonyl (C=O) groups is 1. The van der Waals surface area contributed by atoms with E-state index in [4.69, 9.17) is 9.73 Å². The molecule has 1 unspecified atom stereocenters. The molecule has 1 amide bonds. The van der Waals surface area contributed by atoms with E-state index in [1.165, 1.54) is 4.90 Å². The van der Waals surface area contributed by atoms with Crippen LogP contribution in [0.15, 0.2) is 84.0 Å². The fraction of sp³-hybridized carbons (Fsp3) is 0.174. The van der Waals surface area contributed by atoms with Crippen molar-refractivity contribution in [3.8, 4) is 0 Å². The van der Waals surface area contributed by atoms with Crippen molar-refractivity contribution in [1.29, 1.82) is 0 Å². The Morgan fingerprint density at radius 1 is 1.00 bits per heavy atom. The Labute approximate surface area is 169 Å². The SMILES string of the molecule is O=C(O)N1CCOC(c2ccc(N=C(c3ccccc3)c3ccccc3)cn2)C1.